The molecule has 0 saturated heterocycles. The van der Waals surface area contributed by atoms with Gasteiger partial charge in [-0.25, -0.2) is 0 Å². The summed E-state index contributed by atoms with van der Waals surface area (Å²) in [6, 6.07) is -15.3. The monoisotopic (exact) mass is 1320 g/mol. The molecule has 0 heterocycles. The van der Waals surface area contributed by atoms with Crippen molar-refractivity contribution in [1.29, 1.82) is 0 Å². The minimum Gasteiger partial charge on any atom is -0.480 e. The molecule has 1 unspecified atom stereocenters. The maximum Gasteiger partial charge on any atom is 0.322 e. The summed E-state index contributed by atoms with van der Waals surface area (Å²) in [6.07, 6.45) is -3.53. The topological polar surface area (TPSA) is 610 Å². The average molecular weight is 1320 g/mol. The summed E-state index contributed by atoms with van der Waals surface area (Å²) in [5, 5.41) is 66.1. The highest BCUT2D eigenvalue weighted by atomic mass is 16.4. The van der Waals surface area contributed by atoms with Gasteiger partial charge in [0, 0.05) is 6.42 Å². The SMILES string of the molecule is CNC(N)NCCC[C@H](NC(=O)[C@H](C)[NH3+])C(=O)N[C@H](C(=O)N[C@@H](CCCC[N+](C)(C)C)C(=O)N[C@@H](CCC(N)=O)C(=O)N[C@H](C(=O)N[C@@H](C)C(=O)N[C@@H](CCCNC(N)N)C(=O)N[C@@H](CCCC[NH3+])C(=O)N[C@@H](C)C(=O)N[C@@H](C)C(=O)NCC(=O)O)[C@@H](C)O)[C@@H](C)O. The van der Waals surface area contributed by atoms with Crippen LogP contribution in [-0.2, 0) is 62.3 Å². The summed E-state index contributed by atoms with van der Waals surface area (Å²) in [5.41, 5.74) is 30.0. The third-order valence-electron chi connectivity index (χ3n) is 14.0. The molecule has 0 bridgehead atoms. The normalized spacial score (nSPS) is 16.0. The number of rotatable bonds is 48. The van der Waals surface area contributed by atoms with Gasteiger partial charge in [0.1, 0.15) is 79.5 Å². The van der Waals surface area contributed by atoms with Crippen LogP contribution in [0.15, 0.2) is 0 Å². The van der Waals surface area contributed by atoms with Crippen molar-refractivity contribution >= 4 is 76.9 Å². The van der Waals surface area contributed by atoms with Gasteiger partial charge in [0.05, 0.1) is 46.4 Å². The van der Waals surface area contributed by atoms with Crippen LogP contribution in [0.25, 0.3) is 0 Å². The fraction of sp³-hybridized carbons (Fsp3) is 0.764. The van der Waals surface area contributed by atoms with E-state index in [0.29, 0.717) is 56.2 Å². The number of primary amides is 1. The zero-order chi connectivity index (χ0) is 70.6. The molecule has 31 N–H and O–H groups in total. The Bertz CT molecular complexity index is 2400. The zero-order valence-corrected chi connectivity index (χ0v) is 55.0. The highest BCUT2D eigenvalue weighted by Crippen LogP contribution is 2.11. The number of quaternary nitrogens is 3. The fourth-order valence-electron chi connectivity index (χ4n) is 8.53. The third kappa shape index (κ3) is 36.1. The summed E-state index contributed by atoms with van der Waals surface area (Å²) in [6.45, 7) is 8.55. The van der Waals surface area contributed by atoms with Gasteiger partial charge in [0.25, 0.3) is 5.91 Å². The third-order valence-corrected chi connectivity index (χ3v) is 14.0. The van der Waals surface area contributed by atoms with Crippen molar-refractivity contribution in [3.05, 3.63) is 0 Å². The first kappa shape index (κ1) is 84.7. The van der Waals surface area contributed by atoms with Crippen LogP contribution in [0.2, 0.25) is 0 Å². The van der Waals surface area contributed by atoms with Crippen molar-refractivity contribution < 1.29 is 93.6 Å². The highest BCUT2D eigenvalue weighted by molar-refractivity contribution is 5.99. The second-order valence-electron chi connectivity index (χ2n) is 23.8. The van der Waals surface area contributed by atoms with Gasteiger partial charge >= 0.3 is 5.97 Å². The summed E-state index contributed by atoms with van der Waals surface area (Å²) >= 11 is 0. The standard InChI is InChI=1S/C55H107N21O16/c1-28(57)43(82)69-37(20-16-25-64-55(61)62-7)50(89)75-42(33(6)78)53(92)73-35(18-12-14-26-76(8,9)10)48(87)72-38(21-22-39(58)79)51(90)74-41(32(5)77)52(91)68-31(4)46(85)70-36(19-15-24-63-54(59)60)49(88)71-34(17-11-13-23-56)47(86)67-30(3)45(84)66-29(2)44(83)65-27-40(80)81/h28-38,41-42,54-55,62-64,77-78H,11-27,56-57,59-61H2,1-10H3,(H13-,58,65,66,67,68,69,70,71,72,73,74,75,79,80,81,82,83,84,85,86,87,88,89,90,91,92)/p+3/t28-,29-,30-,31-,32+,33+,34-,35-,36-,37-,38-,41-,42-,55?/m0/s1. The Morgan fingerprint density at radius 2 is 0.815 bits per heavy atom. The maximum absolute atomic E-state index is 14.4. The number of carboxylic acid groups (broad SMARTS) is 1. The van der Waals surface area contributed by atoms with E-state index in [4.69, 9.17) is 28.0 Å². The predicted octanol–water partition coefficient (Wildman–Crippen LogP) is -11.6. The van der Waals surface area contributed by atoms with E-state index in [0.717, 1.165) is 6.92 Å². The number of aliphatic hydroxyl groups is 2. The molecule has 12 amide bonds. The summed E-state index contributed by atoms with van der Waals surface area (Å²) in [5.74, 6) is -12.2. The Morgan fingerprint density at radius 3 is 1.24 bits per heavy atom. The van der Waals surface area contributed by atoms with E-state index in [1.54, 1.807) is 7.05 Å². The number of carbonyl (C=O) groups excluding carboxylic acids is 12. The first-order valence-electron chi connectivity index (χ1n) is 30.9. The predicted molar refractivity (Wildman–Crippen MR) is 333 cm³/mol. The molecule has 0 saturated carbocycles. The Labute approximate surface area is 537 Å². The van der Waals surface area contributed by atoms with Crippen molar-refractivity contribution in [3.8, 4) is 0 Å². The van der Waals surface area contributed by atoms with Crippen LogP contribution in [-0.4, -0.2) is 249 Å². The summed E-state index contributed by atoms with van der Waals surface area (Å²) < 4.78 is 0.540. The molecule has 528 valence electrons. The van der Waals surface area contributed by atoms with E-state index >= 15 is 0 Å². The average Bonchev–Trinajstić information content (AvgIpc) is 1.53. The molecule has 0 radical (unpaired) electrons. The molecule has 0 aromatic rings. The summed E-state index contributed by atoms with van der Waals surface area (Å²) in [7, 11) is 7.45. The van der Waals surface area contributed by atoms with Gasteiger partial charge < -0.3 is 113 Å². The fourth-order valence-corrected chi connectivity index (χ4v) is 8.53. The number of aliphatic hydroxyl groups excluding tert-OH is 2. The number of carbonyl (C=O) groups is 13. The molecule has 0 aliphatic rings. The highest BCUT2D eigenvalue weighted by Gasteiger charge is 2.37. The minimum absolute atomic E-state index is 0.0425. The maximum atomic E-state index is 14.4. The minimum atomic E-state index is -1.86. The van der Waals surface area contributed by atoms with Gasteiger partial charge in [-0.15, -0.1) is 0 Å². The Balaban J connectivity index is 6.80. The molecule has 0 fully saturated rings. The Morgan fingerprint density at radius 1 is 0.457 bits per heavy atom. The van der Waals surface area contributed by atoms with E-state index < -0.39 is 187 Å². The molecule has 14 atom stereocenters. The van der Waals surface area contributed by atoms with Crippen LogP contribution in [0, 0.1) is 0 Å². The Kier molecular flexibility index (Phi) is 40.7. The molecular weight excluding hydrogens is 1210 g/mol. The first-order valence-corrected chi connectivity index (χ1v) is 30.9. The van der Waals surface area contributed by atoms with Crippen LogP contribution in [0.4, 0.5) is 0 Å². The second kappa shape index (κ2) is 44.3. The van der Waals surface area contributed by atoms with Gasteiger partial charge in [-0.2, -0.15) is 0 Å². The van der Waals surface area contributed by atoms with Crippen molar-refractivity contribution in [2.75, 3.05) is 60.9 Å². The van der Waals surface area contributed by atoms with Gasteiger partial charge in [-0.1, -0.05) is 0 Å². The molecule has 92 heavy (non-hydrogen) atoms. The smallest absolute Gasteiger partial charge is 0.322 e. The van der Waals surface area contributed by atoms with Crippen molar-refractivity contribution in [3.63, 3.8) is 0 Å². The van der Waals surface area contributed by atoms with E-state index in [2.05, 4.69) is 85.9 Å². The van der Waals surface area contributed by atoms with E-state index in [-0.39, 0.29) is 38.6 Å². The second-order valence-corrected chi connectivity index (χ2v) is 23.8. The van der Waals surface area contributed by atoms with Crippen LogP contribution < -0.4 is 109 Å². The zero-order valence-electron chi connectivity index (χ0n) is 55.0. The molecule has 0 aliphatic carbocycles. The van der Waals surface area contributed by atoms with Gasteiger partial charge in [0.15, 0.2) is 6.04 Å². The lowest BCUT2D eigenvalue weighted by molar-refractivity contribution is -0.870. The van der Waals surface area contributed by atoms with Crippen molar-refractivity contribution in [2.24, 2.45) is 22.9 Å². The molecular formula is C55H110N21O16+3. The Hall–Kier alpha value is -7.33. The van der Waals surface area contributed by atoms with Crippen LogP contribution in [0.1, 0.15) is 119 Å². The summed E-state index contributed by atoms with van der Waals surface area (Å²) in [4.78, 5) is 173. The molecule has 0 aromatic carbocycles. The number of hydrogen-bond acceptors (Lipinski definition) is 21. The first-order chi connectivity index (χ1) is 42.8. The quantitative estimate of drug-likeness (QED) is 0.0153. The van der Waals surface area contributed by atoms with Crippen LogP contribution >= 0.6 is 0 Å². The van der Waals surface area contributed by atoms with Gasteiger partial charge in [-0.3, -0.25) is 78.3 Å². The number of aliphatic carboxylic acids is 1. The van der Waals surface area contributed by atoms with E-state index in [1.807, 2.05) is 21.1 Å². The molecule has 0 spiro atoms. The lowest BCUT2D eigenvalue weighted by atomic mass is 10.0. The number of unbranched alkanes of at least 4 members (excludes halogenated alkanes) is 2. The molecule has 37 heteroatoms. The number of amides is 12. The lowest BCUT2D eigenvalue weighted by Gasteiger charge is -2.29. The van der Waals surface area contributed by atoms with Crippen LogP contribution in [0.5, 0.6) is 0 Å². The molecule has 0 aromatic heterocycles. The number of carboxylic acids is 1. The number of nitrogens with one attached hydrogen (secondary N) is 14. The van der Waals surface area contributed by atoms with E-state index in [9.17, 15) is 72.5 Å². The largest absolute Gasteiger partial charge is 0.480 e. The number of nitrogens with two attached hydrogens (primary N) is 4. The molecule has 0 aliphatic heterocycles. The molecule has 0 rings (SSSR count). The lowest BCUT2D eigenvalue weighted by Crippen LogP contribution is -2.68. The molecule has 37 nitrogen and oxygen atoms in total. The van der Waals surface area contributed by atoms with E-state index in [1.165, 1.54) is 34.6 Å². The van der Waals surface area contributed by atoms with Crippen molar-refractivity contribution in [1.82, 2.24) is 74.4 Å². The van der Waals surface area contributed by atoms with Crippen molar-refractivity contribution in [2.45, 2.75) is 210 Å². The van der Waals surface area contributed by atoms with Gasteiger partial charge in [-0.05, 0) is 132 Å². The number of hydrogen-bond donors (Lipinski definition) is 23. The van der Waals surface area contributed by atoms with Crippen LogP contribution in [0.3, 0.4) is 0 Å². The number of nitrogens with zero attached hydrogens (tertiary/aromatic N) is 1. The van der Waals surface area contributed by atoms with Gasteiger partial charge in [0.2, 0.25) is 65.0 Å².